The standard InChI is InChI=1S/C17H15O2.ClHO4/c1-12-10-17(13-6-4-3-5-7-13)19-16-9-8-14(18-2)11-15(12)16;2-1(3,4)5/h3-11H,1-2H3;(H,2,3,4,5)/q+1;/p-1. The number of hydrogen-bond donors (Lipinski definition) is 0. The van der Waals surface area contributed by atoms with Crippen molar-refractivity contribution in [3.05, 3.63) is 60.2 Å². The number of halogens is 1. The van der Waals surface area contributed by atoms with E-state index in [2.05, 4.69) is 13.0 Å². The van der Waals surface area contributed by atoms with Crippen LogP contribution in [0.3, 0.4) is 0 Å². The highest BCUT2D eigenvalue weighted by Gasteiger charge is 2.17. The van der Waals surface area contributed by atoms with E-state index in [4.69, 9.17) is 27.8 Å². The Morgan fingerprint density at radius 3 is 2.12 bits per heavy atom. The summed E-state index contributed by atoms with van der Waals surface area (Å²) in [7, 11) is -3.27. The van der Waals surface area contributed by atoms with Crippen molar-refractivity contribution in [2.24, 2.45) is 0 Å². The molecule has 0 aliphatic heterocycles. The van der Waals surface area contributed by atoms with E-state index in [0.717, 1.165) is 28.0 Å². The van der Waals surface area contributed by atoms with E-state index >= 15 is 0 Å². The monoisotopic (exact) mass is 350 g/mol. The van der Waals surface area contributed by atoms with E-state index in [1.165, 1.54) is 5.56 Å². The van der Waals surface area contributed by atoms with Gasteiger partial charge in [0.25, 0.3) is 0 Å². The van der Waals surface area contributed by atoms with E-state index in [1.54, 1.807) is 7.11 Å². The Labute approximate surface area is 140 Å². The summed E-state index contributed by atoms with van der Waals surface area (Å²) >= 11 is 0. The summed E-state index contributed by atoms with van der Waals surface area (Å²) in [4.78, 5) is 0. The summed E-state index contributed by atoms with van der Waals surface area (Å²) in [5.41, 5.74) is 3.14. The summed E-state index contributed by atoms with van der Waals surface area (Å²) in [6.07, 6.45) is 0. The normalized spacial score (nSPS) is 10.9. The molecule has 6 nitrogen and oxygen atoms in total. The van der Waals surface area contributed by atoms with Crippen LogP contribution in [0.25, 0.3) is 22.3 Å². The van der Waals surface area contributed by atoms with Gasteiger partial charge in [0.15, 0.2) is 0 Å². The Morgan fingerprint density at radius 1 is 0.917 bits per heavy atom. The van der Waals surface area contributed by atoms with Gasteiger partial charge in [0.1, 0.15) is 5.75 Å². The highest BCUT2D eigenvalue weighted by Crippen LogP contribution is 2.29. The smallest absolute Gasteiger partial charge is 0.361 e. The number of rotatable bonds is 2. The predicted molar refractivity (Wildman–Crippen MR) is 77.3 cm³/mol. The van der Waals surface area contributed by atoms with Gasteiger partial charge in [-0.3, -0.25) is 0 Å². The molecule has 1 heterocycles. The van der Waals surface area contributed by atoms with Gasteiger partial charge in [-0.2, -0.15) is 0 Å². The number of methoxy groups -OCH3 is 1. The van der Waals surface area contributed by atoms with Gasteiger partial charge in [0.05, 0.1) is 18.1 Å². The van der Waals surface area contributed by atoms with E-state index in [0.29, 0.717) is 0 Å². The predicted octanol–water partition coefficient (Wildman–Crippen LogP) is -0.0581. The van der Waals surface area contributed by atoms with Crippen molar-refractivity contribution in [1.82, 2.24) is 0 Å². The largest absolute Gasteiger partial charge is 0.497 e. The number of fused-ring (bicyclic) bond motifs is 1. The molecule has 0 fully saturated rings. The van der Waals surface area contributed by atoms with Crippen LogP contribution in [-0.2, 0) is 0 Å². The molecule has 7 heteroatoms. The van der Waals surface area contributed by atoms with Crippen LogP contribution in [0.2, 0.25) is 0 Å². The molecule has 0 saturated heterocycles. The van der Waals surface area contributed by atoms with Gasteiger partial charge in [0, 0.05) is 12.1 Å². The first-order valence-corrected chi connectivity index (χ1v) is 8.10. The zero-order valence-electron chi connectivity index (χ0n) is 13.0. The van der Waals surface area contributed by atoms with Gasteiger partial charge < -0.3 is 4.74 Å². The maximum absolute atomic E-state index is 8.49. The summed E-state index contributed by atoms with van der Waals surface area (Å²) < 4.78 is 45.2. The van der Waals surface area contributed by atoms with Crippen LogP contribution in [0, 0.1) is 17.2 Å². The second kappa shape index (κ2) is 7.57. The van der Waals surface area contributed by atoms with E-state index < -0.39 is 10.2 Å². The molecular formula is C17H15ClO6. The Hall–Kier alpha value is -2.22. The lowest BCUT2D eigenvalue weighted by Gasteiger charge is -2.17. The minimum absolute atomic E-state index is 0.846. The zero-order chi connectivity index (χ0) is 17.7. The van der Waals surface area contributed by atoms with Crippen LogP contribution in [-0.4, -0.2) is 7.11 Å². The molecule has 3 aromatic rings. The van der Waals surface area contributed by atoms with Gasteiger partial charge in [-0.15, -0.1) is 10.2 Å². The van der Waals surface area contributed by atoms with Gasteiger partial charge >= 0.3 is 11.3 Å². The first kappa shape index (κ1) is 18.1. The van der Waals surface area contributed by atoms with Crippen LogP contribution < -0.4 is 23.4 Å². The minimum atomic E-state index is -4.94. The Balaban J connectivity index is 0.000000368. The Bertz CT molecular complexity index is 808. The lowest BCUT2D eigenvalue weighted by atomic mass is 10.1. The molecule has 2 aromatic carbocycles. The summed E-state index contributed by atoms with van der Waals surface area (Å²) in [5.74, 6) is 1.73. The van der Waals surface area contributed by atoms with Crippen LogP contribution in [0.15, 0.2) is 59.0 Å². The number of hydrogen-bond acceptors (Lipinski definition) is 5. The third-order valence-corrected chi connectivity index (χ3v) is 3.24. The second-order valence-corrected chi connectivity index (χ2v) is 5.66. The lowest BCUT2D eigenvalue weighted by Crippen LogP contribution is -2.68. The fourth-order valence-electron chi connectivity index (χ4n) is 2.20. The molecule has 0 radical (unpaired) electrons. The summed E-state index contributed by atoms with van der Waals surface area (Å²) in [5, 5.41) is 1.08. The highest BCUT2D eigenvalue weighted by atomic mass is 35.7. The molecule has 24 heavy (non-hydrogen) atoms. The van der Waals surface area contributed by atoms with Crippen LogP contribution in [0.1, 0.15) is 5.56 Å². The topological polar surface area (TPSA) is 113 Å². The summed E-state index contributed by atoms with van der Waals surface area (Å²) in [6.45, 7) is 2.09. The zero-order valence-corrected chi connectivity index (χ0v) is 13.8. The average molecular weight is 351 g/mol. The van der Waals surface area contributed by atoms with Crippen LogP contribution in [0.4, 0.5) is 0 Å². The van der Waals surface area contributed by atoms with Gasteiger partial charge in [0.2, 0.25) is 0 Å². The van der Waals surface area contributed by atoms with Crippen molar-refractivity contribution in [3.8, 4) is 17.1 Å². The highest BCUT2D eigenvalue weighted by molar-refractivity contribution is 5.83. The fraction of sp³-hybridized carbons (Fsp3) is 0.118. The summed E-state index contributed by atoms with van der Waals surface area (Å²) in [6, 6.07) is 18.1. The van der Waals surface area contributed by atoms with E-state index in [1.807, 2.05) is 48.5 Å². The van der Waals surface area contributed by atoms with Crippen molar-refractivity contribution < 1.29 is 38.0 Å². The maximum atomic E-state index is 8.49. The van der Waals surface area contributed by atoms with Crippen molar-refractivity contribution in [2.75, 3.05) is 7.11 Å². The molecule has 0 N–H and O–H groups in total. The van der Waals surface area contributed by atoms with E-state index in [9.17, 15) is 0 Å². The molecular weight excluding hydrogens is 336 g/mol. The van der Waals surface area contributed by atoms with Crippen molar-refractivity contribution >= 4 is 11.0 Å². The molecule has 0 bridgehead atoms. The number of benzene rings is 2. The molecule has 0 atom stereocenters. The molecule has 0 unspecified atom stereocenters. The maximum Gasteiger partial charge on any atom is 0.361 e. The lowest BCUT2D eigenvalue weighted by molar-refractivity contribution is -2.00. The van der Waals surface area contributed by atoms with E-state index in [-0.39, 0.29) is 0 Å². The molecule has 0 amide bonds. The van der Waals surface area contributed by atoms with Crippen molar-refractivity contribution in [2.45, 2.75) is 6.92 Å². The third kappa shape index (κ3) is 5.16. The molecule has 0 saturated carbocycles. The first-order chi connectivity index (χ1) is 11.3. The quantitative estimate of drug-likeness (QED) is 0.598. The van der Waals surface area contributed by atoms with Crippen LogP contribution >= 0.6 is 0 Å². The van der Waals surface area contributed by atoms with Crippen LogP contribution in [0.5, 0.6) is 5.75 Å². The van der Waals surface area contributed by atoms with Gasteiger partial charge in [-0.05, 0) is 36.8 Å². The molecule has 3 rings (SSSR count). The number of ether oxygens (including phenoxy) is 1. The molecule has 0 aliphatic rings. The first-order valence-electron chi connectivity index (χ1n) is 6.86. The Morgan fingerprint density at radius 2 is 1.54 bits per heavy atom. The third-order valence-electron chi connectivity index (χ3n) is 3.24. The molecule has 1 aromatic heterocycles. The fourth-order valence-corrected chi connectivity index (χ4v) is 2.20. The average Bonchev–Trinajstić information content (AvgIpc) is 2.54. The van der Waals surface area contributed by atoms with Crippen molar-refractivity contribution in [1.29, 1.82) is 0 Å². The number of aryl methyl sites for hydroxylation is 1. The van der Waals surface area contributed by atoms with Crippen molar-refractivity contribution in [3.63, 3.8) is 0 Å². The second-order valence-electron chi connectivity index (χ2n) is 4.90. The van der Waals surface area contributed by atoms with Gasteiger partial charge in [-0.25, -0.2) is 23.1 Å². The molecule has 0 aliphatic carbocycles. The van der Waals surface area contributed by atoms with Gasteiger partial charge in [-0.1, -0.05) is 18.2 Å². The SMILES string of the molecule is COc1ccc2[o+]c(-c3ccccc3)cc(C)c2c1.[O-][Cl+3]([O-])([O-])[O-]. The molecule has 126 valence electrons. The minimum Gasteiger partial charge on any atom is -0.497 e. The Kier molecular flexibility index (Phi) is 5.71. The molecule has 0 spiro atoms.